The van der Waals surface area contributed by atoms with Crippen LogP contribution >= 0.6 is 0 Å². The highest BCUT2D eigenvalue weighted by molar-refractivity contribution is 5.91. The molecule has 1 fully saturated rings. The van der Waals surface area contributed by atoms with Crippen LogP contribution in [0.25, 0.3) is 10.9 Å². The fourth-order valence-corrected chi connectivity index (χ4v) is 3.55. The standard InChI is InChI=1S/C21H24N4O3/c1-26-18-11-15-16(12-19(18)27-2)24-21(25-20(15)22)23-14-8-9-28-17(10-14)13-6-4-3-5-7-13/h3-7,11-12,14,17H,8-10H2,1-2H3,(H3,22,23,24,25). The molecule has 2 unspecified atom stereocenters. The quantitative estimate of drug-likeness (QED) is 0.699. The van der Waals surface area contributed by atoms with Gasteiger partial charge in [0.2, 0.25) is 5.95 Å². The Morgan fingerprint density at radius 3 is 2.57 bits per heavy atom. The van der Waals surface area contributed by atoms with Crippen molar-refractivity contribution in [2.24, 2.45) is 0 Å². The van der Waals surface area contributed by atoms with Crippen molar-refractivity contribution in [3.63, 3.8) is 0 Å². The second-order valence-electron chi connectivity index (χ2n) is 6.79. The van der Waals surface area contributed by atoms with Gasteiger partial charge < -0.3 is 25.3 Å². The molecule has 28 heavy (non-hydrogen) atoms. The number of rotatable bonds is 5. The first-order valence-electron chi connectivity index (χ1n) is 9.30. The van der Waals surface area contributed by atoms with Gasteiger partial charge in [0.05, 0.1) is 25.8 Å². The summed E-state index contributed by atoms with van der Waals surface area (Å²) in [7, 11) is 3.18. The van der Waals surface area contributed by atoms with Crippen LogP contribution < -0.4 is 20.5 Å². The van der Waals surface area contributed by atoms with Gasteiger partial charge in [-0.3, -0.25) is 0 Å². The number of ether oxygens (including phenoxy) is 3. The lowest BCUT2D eigenvalue weighted by atomic mass is 9.97. The first kappa shape index (κ1) is 18.3. The van der Waals surface area contributed by atoms with Crippen molar-refractivity contribution in [2.45, 2.75) is 25.0 Å². The minimum absolute atomic E-state index is 0.0645. The van der Waals surface area contributed by atoms with Gasteiger partial charge >= 0.3 is 0 Å². The lowest BCUT2D eigenvalue weighted by Gasteiger charge is -2.30. The predicted octanol–water partition coefficient (Wildman–Crippen LogP) is 3.56. The van der Waals surface area contributed by atoms with Crippen LogP contribution in [0, 0.1) is 0 Å². The van der Waals surface area contributed by atoms with E-state index in [9.17, 15) is 0 Å². The van der Waals surface area contributed by atoms with Crippen LogP contribution in [0.2, 0.25) is 0 Å². The van der Waals surface area contributed by atoms with Crippen molar-refractivity contribution in [1.29, 1.82) is 0 Å². The van der Waals surface area contributed by atoms with E-state index >= 15 is 0 Å². The Labute approximate surface area is 163 Å². The van der Waals surface area contributed by atoms with Crippen molar-refractivity contribution in [1.82, 2.24) is 9.97 Å². The highest BCUT2D eigenvalue weighted by atomic mass is 16.5. The van der Waals surface area contributed by atoms with Gasteiger partial charge in [0, 0.05) is 24.1 Å². The zero-order chi connectivity index (χ0) is 19.5. The van der Waals surface area contributed by atoms with Gasteiger partial charge in [0.25, 0.3) is 0 Å². The zero-order valence-electron chi connectivity index (χ0n) is 16.0. The molecule has 2 aromatic carbocycles. The Morgan fingerprint density at radius 1 is 1.07 bits per heavy atom. The number of hydrogen-bond donors (Lipinski definition) is 2. The molecular formula is C21H24N4O3. The molecule has 1 aromatic heterocycles. The molecule has 0 amide bonds. The zero-order valence-corrected chi connectivity index (χ0v) is 16.0. The van der Waals surface area contributed by atoms with E-state index in [1.165, 1.54) is 5.56 Å². The second-order valence-corrected chi connectivity index (χ2v) is 6.79. The molecule has 0 spiro atoms. The topological polar surface area (TPSA) is 91.5 Å². The number of anilines is 2. The van der Waals surface area contributed by atoms with Gasteiger partial charge in [0.15, 0.2) is 11.5 Å². The molecule has 3 aromatic rings. The average molecular weight is 380 g/mol. The average Bonchev–Trinajstić information content (AvgIpc) is 2.73. The second kappa shape index (κ2) is 7.90. The molecule has 7 heteroatoms. The number of fused-ring (bicyclic) bond motifs is 1. The first-order valence-corrected chi connectivity index (χ1v) is 9.30. The highest BCUT2D eigenvalue weighted by Gasteiger charge is 2.24. The Bertz CT molecular complexity index is 965. The molecule has 146 valence electrons. The summed E-state index contributed by atoms with van der Waals surface area (Å²) < 4.78 is 16.7. The van der Waals surface area contributed by atoms with Gasteiger partial charge in [-0.25, -0.2) is 4.98 Å². The van der Waals surface area contributed by atoms with Crippen LogP contribution in [0.4, 0.5) is 11.8 Å². The van der Waals surface area contributed by atoms with Gasteiger partial charge in [0.1, 0.15) is 5.82 Å². The Hall–Kier alpha value is -3.06. The molecule has 1 aliphatic heterocycles. The van der Waals surface area contributed by atoms with E-state index in [1.807, 2.05) is 24.3 Å². The number of nitrogens with zero attached hydrogens (tertiary/aromatic N) is 2. The summed E-state index contributed by atoms with van der Waals surface area (Å²) in [4.78, 5) is 9.08. The van der Waals surface area contributed by atoms with Crippen molar-refractivity contribution < 1.29 is 14.2 Å². The summed E-state index contributed by atoms with van der Waals surface area (Å²) in [6.07, 6.45) is 1.79. The lowest BCUT2D eigenvalue weighted by molar-refractivity contribution is 0.00970. The summed E-state index contributed by atoms with van der Waals surface area (Å²) in [5.41, 5.74) is 8.08. The molecule has 0 saturated carbocycles. The van der Waals surface area contributed by atoms with E-state index in [0.717, 1.165) is 18.2 Å². The maximum Gasteiger partial charge on any atom is 0.225 e. The van der Waals surface area contributed by atoms with Crippen LogP contribution in [0.1, 0.15) is 24.5 Å². The minimum atomic E-state index is 0.0645. The molecule has 4 rings (SSSR count). The van der Waals surface area contributed by atoms with Gasteiger partial charge in [-0.1, -0.05) is 30.3 Å². The van der Waals surface area contributed by atoms with Crippen molar-refractivity contribution >= 4 is 22.7 Å². The fourth-order valence-electron chi connectivity index (χ4n) is 3.55. The monoisotopic (exact) mass is 380 g/mol. The molecule has 2 heterocycles. The summed E-state index contributed by atoms with van der Waals surface area (Å²) in [6.45, 7) is 0.686. The molecular weight excluding hydrogens is 356 g/mol. The number of nitrogen functional groups attached to an aromatic ring is 1. The normalized spacial score (nSPS) is 19.4. The number of methoxy groups -OCH3 is 2. The number of benzene rings is 2. The van der Waals surface area contributed by atoms with Gasteiger partial charge in [-0.15, -0.1) is 0 Å². The predicted molar refractivity (Wildman–Crippen MR) is 109 cm³/mol. The first-order chi connectivity index (χ1) is 13.7. The van der Waals surface area contributed by atoms with Crippen LogP contribution in [0.5, 0.6) is 11.5 Å². The van der Waals surface area contributed by atoms with E-state index < -0.39 is 0 Å². The number of nitrogens with two attached hydrogens (primary N) is 1. The molecule has 1 saturated heterocycles. The maximum atomic E-state index is 6.18. The number of nitrogens with one attached hydrogen (secondary N) is 1. The third-order valence-electron chi connectivity index (χ3n) is 5.02. The van der Waals surface area contributed by atoms with Crippen LogP contribution in [-0.4, -0.2) is 36.8 Å². The minimum Gasteiger partial charge on any atom is -0.493 e. The largest absolute Gasteiger partial charge is 0.493 e. The van der Waals surface area contributed by atoms with Crippen molar-refractivity contribution in [3.05, 3.63) is 48.0 Å². The fraction of sp³-hybridized carbons (Fsp3) is 0.333. The Morgan fingerprint density at radius 2 is 1.82 bits per heavy atom. The lowest BCUT2D eigenvalue weighted by Crippen LogP contribution is -2.30. The SMILES string of the molecule is COc1cc2nc(NC3CCOC(c4ccccc4)C3)nc(N)c2cc1OC. The third-order valence-corrected chi connectivity index (χ3v) is 5.02. The maximum absolute atomic E-state index is 6.18. The highest BCUT2D eigenvalue weighted by Crippen LogP contribution is 2.34. The van der Waals surface area contributed by atoms with E-state index in [0.29, 0.717) is 35.4 Å². The molecule has 0 bridgehead atoms. The number of aromatic nitrogens is 2. The van der Waals surface area contributed by atoms with E-state index in [4.69, 9.17) is 19.9 Å². The van der Waals surface area contributed by atoms with Crippen molar-refractivity contribution in [2.75, 3.05) is 31.9 Å². The summed E-state index contributed by atoms with van der Waals surface area (Å²) >= 11 is 0. The van der Waals surface area contributed by atoms with Gasteiger partial charge in [-0.05, 0) is 24.5 Å². The molecule has 0 aliphatic carbocycles. The third kappa shape index (κ3) is 3.66. The molecule has 7 nitrogen and oxygen atoms in total. The molecule has 1 aliphatic rings. The summed E-state index contributed by atoms with van der Waals surface area (Å²) in [5, 5.41) is 4.16. The molecule has 0 radical (unpaired) electrons. The van der Waals surface area contributed by atoms with Crippen LogP contribution in [-0.2, 0) is 4.74 Å². The molecule has 2 atom stereocenters. The van der Waals surface area contributed by atoms with Crippen molar-refractivity contribution in [3.8, 4) is 11.5 Å². The molecule has 3 N–H and O–H groups in total. The van der Waals surface area contributed by atoms with Crippen LogP contribution in [0.3, 0.4) is 0 Å². The summed E-state index contributed by atoms with van der Waals surface area (Å²) in [6, 6.07) is 14.1. The van der Waals surface area contributed by atoms with Crippen LogP contribution in [0.15, 0.2) is 42.5 Å². The van der Waals surface area contributed by atoms with E-state index in [1.54, 1.807) is 20.3 Å². The van der Waals surface area contributed by atoms with Gasteiger partial charge in [-0.2, -0.15) is 4.98 Å². The summed E-state index contributed by atoms with van der Waals surface area (Å²) in [5.74, 6) is 2.12. The number of hydrogen-bond acceptors (Lipinski definition) is 7. The van der Waals surface area contributed by atoms with E-state index in [2.05, 4.69) is 27.4 Å². The Kier molecular flexibility index (Phi) is 5.16. The van der Waals surface area contributed by atoms with E-state index in [-0.39, 0.29) is 12.1 Å². The Balaban J connectivity index is 1.57. The smallest absolute Gasteiger partial charge is 0.225 e.